The third-order valence-electron chi connectivity index (χ3n) is 4.44. The van der Waals surface area contributed by atoms with Gasteiger partial charge in [-0.1, -0.05) is 18.2 Å². The summed E-state index contributed by atoms with van der Waals surface area (Å²) in [7, 11) is 1.62. The van der Waals surface area contributed by atoms with E-state index >= 15 is 0 Å². The molecule has 0 aliphatic heterocycles. The van der Waals surface area contributed by atoms with Gasteiger partial charge in [0.05, 0.1) is 13.7 Å². The van der Waals surface area contributed by atoms with Gasteiger partial charge in [0.25, 0.3) is 0 Å². The summed E-state index contributed by atoms with van der Waals surface area (Å²) in [6.45, 7) is 3.28. The molecule has 2 N–H and O–H groups in total. The Morgan fingerprint density at radius 2 is 1.97 bits per heavy atom. The zero-order valence-corrected chi connectivity index (χ0v) is 17.3. The van der Waals surface area contributed by atoms with Gasteiger partial charge < -0.3 is 14.8 Å². The lowest BCUT2D eigenvalue weighted by atomic mass is 10.2. The molecule has 0 aliphatic carbocycles. The van der Waals surface area contributed by atoms with Crippen LogP contribution in [0.15, 0.2) is 48.5 Å². The fourth-order valence-corrected chi connectivity index (χ4v) is 3.08. The second kappa shape index (κ2) is 9.88. The Morgan fingerprint density at radius 3 is 2.69 bits per heavy atom. The van der Waals surface area contributed by atoms with Crippen LogP contribution < -0.4 is 14.8 Å². The van der Waals surface area contributed by atoms with Crippen LogP contribution in [-0.4, -0.2) is 40.9 Å². The van der Waals surface area contributed by atoms with Gasteiger partial charge >= 0.3 is 0 Å². The molecule has 0 saturated carbocycles. The first-order valence-electron chi connectivity index (χ1n) is 9.33. The van der Waals surface area contributed by atoms with Crippen molar-refractivity contribution in [2.45, 2.75) is 19.9 Å². The summed E-state index contributed by atoms with van der Waals surface area (Å²) >= 11 is 5.31. The number of nitrogens with one attached hydrogen (secondary N) is 2. The molecule has 0 radical (unpaired) electrons. The second-order valence-corrected chi connectivity index (χ2v) is 6.83. The van der Waals surface area contributed by atoms with Crippen LogP contribution in [-0.2, 0) is 11.3 Å². The van der Waals surface area contributed by atoms with Gasteiger partial charge in [-0.2, -0.15) is 5.10 Å². The van der Waals surface area contributed by atoms with E-state index in [0.717, 1.165) is 22.6 Å². The van der Waals surface area contributed by atoms with E-state index in [1.807, 2.05) is 60.0 Å². The fourth-order valence-electron chi connectivity index (χ4n) is 2.86. The van der Waals surface area contributed by atoms with Crippen LogP contribution in [0.1, 0.15) is 12.0 Å². The number of carbonyl (C=O) groups is 1. The van der Waals surface area contributed by atoms with Gasteiger partial charge in [-0.3, -0.25) is 14.5 Å². The zero-order valence-electron chi connectivity index (χ0n) is 16.5. The molecule has 1 amide bonds. The van der Waals surface area contributed by atoms with Gasteiger partial charge in [-0.15, -0.1) is 0 Å². The van der Waals surface area contributed by atoms with Crippen LogP contribution in [0.4, 0.5) is 0 Å². The van der Waals surface area contributed by atoms with Crippen LogP contribution in [0, 0.1) is 11.7 Å². The van der Waals surface area contributed by atoms with Crippen molar-refractivity contribution in [3.8, 4) is 22.9 Å². The van der Waals surface area contributed by atoms with Crippen LogP contribution in [0.25, 0.3) is 11.4 Å². The first-order chi connectivity index (χ1) is 14.1. The van der Waals surface area contributed by atoms with Gasteiger partial charge in [-0.05, 0) is 55.0 Å². The quantitative estimate of drug-likeness (QED) is 0.415. The van der Waals surface area contributed by atoms with E-state index in [4.69, 9.17) is 21.7 Å². The molecule has 0 unspecified atom stereocenters. The van der Waals surface area contributed by atoms with Crippen molar-refractivity contribution in [1.82, 2.24) is 20.1 Å². The summed E-state index contributed by atoms with van der Waals surface area (Å²) < 4.78 is 13.2. The number of rotatable bonds is 9. The molecule has 0 fully saturated rings. The Kier molecular flexibility index (Phi) is 7.02. The van der Waals surface area contributed by atoms with Crippen LogP contribution in [0.2, 0.25) is 0 Å². The number of aryl methyl sites for hydroxylation is 1. The molecule has 7 nitrogen and oxygen atoms in total. The molecule has 8 heteroatoms. The second-order valence-electron chi connectivity index (χ2n) is 6.45. The number of amides is 1. The SMILES string of the molecule is COc1ccc(-c2n[nH]c(=S)n2CCC(=O)NCCOc2ccccc2C)cc1. The summed E-state index contributed by atoms with van der Waals surface area (Å²) in [5.74, 6) is 2.22. The molecule has 0 spiro atoms. The van der Waals surface area contributed by atoms with Crippen molar-refractivity contribution in [1.29, 1.82) is 0 Å². The molecule has 0 atom stereocenters. The molecular formula is C21H24N4O3S. The number of hydrogen-bond donors (Lipinski definition) is 2. The molecule has 0 saturated heterocycles. The Labute approximate surface area is 174 Å². The molecule has 1 heterocycles. The average molecular weight is 413 g/mol. The molecule has 152 valence electrons. The van der Waals surface area contributed by atoms with Crippen molar-refractivity contribution in [3.63, 3.8) is 0 Å². The molecule has 1 aromatic heterocycles. The number of H-pyrrole nitrogens is 1. The summed E-state index contributed by atoms with van der Waals surface area (Å²) in [6, 6.07) is 15.3. The van der Waals surface area contributed by atoms with E-state index in [-0.39, 0.29) is 5.91 Å². The van der Waals surface area contributed by atoms with Crippen molar-refractivity contribution < 1.29 is 14.3 Å². The predicted molar refractivity (Wildman–Crippen MR) is 114 cm³/mol. The molecule has 3 rings (SSSR count). The third-order valence-corrected chi connectivity index (χ3v) is 4.76. The van der Waals surface area contributed by atoms with Gasteiger partial charge in [0, 0.05) is 18.5 Å². The zero-order chi connectivity index (χ0) is 20.6. The Balaban J connectivity index is 1.50. The van der Waals surface area contributed by atoms with Gasteiger partial charge in [0.2, 0.25) is 5.91 Å². The molecule has 2 aromatic carbocycles. The van der Waals surface area contributed by atoms with Gasteiger partial charge in [0.15, 0.2) is 10.6 Å². The Hall–Kier alpha value is -3.13. The number of methoxy groups -OCH3 is 1. The number of aromatic amines is 1. The molecule has 3 aromatic rings. The van der Waals surface area contributed by atoms with Gasteiger partial charge in [0.1, 0.15) is 18.1 Å². The summed E-state index contributed by atoms with van der Waals surface area (Å²) in [6.07, 6.45) is 0.293. The Bertz CT molecular complexity index is 1010. The van der Waals surface area contributed by atoms with E-state index in [1.54, 1.807) is 7.11 Å². The van der Waals surface area contributed by atoms with E-state index in [0.29, 0.717) is 36.7 Å². The van der Waals surface area contributed by atoms with Crippen molar-refractivity contribution in [3.05, 3.63) is 58.9 Å². The van der Waals surface area contributed by atoms with Crippen LogP contribution >= 0.6 is 12.2 Å². The van der Waals surface area contributed by atoms with E-state index in [9.17, 15) is 4.79 Å². The number of carbonyl (C=O) groups excluding carboxylic acids is 1. The number of aromatic nitrogens is 3. The normalized spacial score (nSPS) is 10.6. The maximum absolute atomic E-state index is 12.2. The average Bonchev–Trinajstić information content (AvgIpc) is 3.11. The third kappa shape index (κ3) is 5.45. The van der Waals surface area contributed by atoms with Crippen LogP contribution in [0.5, 0.6) is 11.5 Å². The molecular weight excluding hydrogens is 388 g/mol. The molecule has 29 heavy (non-hydrogen) atoms. The minimum Gasteiger partial charge on any atom is -0.497 e. The lowest BCUT2D eigenvalue weighted by molar-refractivity contribution is -0.121. The summed E-state index contributed by atoms with van der Waals surface area (Å²) in [5, 5.41) is 9.96. The highest BCUT2D eigenvalue weighted by atomic mass is 32.1. The van der Waals surface area contributed by atoms with Crippen molar-refractivity contribution >= 4 is 18.1 Å². The summed E-state index contributed by atoms with van der Waals surface area (Å²) in [5.41, 5.74) is 1.96. The minimum atomic E-state index is -0.0674. The highest BCUT2D eigenvalue weighted by Crippen LogP contribution is 2.21. The first kappa shape index (κ1) is 20.6. The number of nitrogens with zero attached hydrogens (tertiary/aromatic N) is 2. The largest absolute Gasteiger partial charge is 0.497 e. The number of ether oxygens (including phenoxy) is 2. The predicted octanol–water partition coefficient (Wildman–Crippen LogP) is 3.51. The fraction of sp³-hybridized carbons (Fsp3) is 0.286. The number of benzene rings is 2. The number of hydrogen-bond acceptors (Lipinski definition) is 5. The maximum atomic E-state index is 12.2. The lowest BCUT2D eigenvalue weighted by Crippen LogP contribution is -2.29. The highest BCUT2D eigenvalue weighted by molar-refractivity contribution is 7.71. The minimum absolute atomic E-state index is 0.0674. The monoisotopic (exact) mass is 412 g/mol. The van der Waals surface area contributed by atoms with E-state index in [1.165, 1.54) is 0 Å². The standard InChI is InChI=1S/C21H24N4O3S/c1-15-5-3-4-6-18(15)28-14-12-22-19(26)11-13-25-20(23-24-21(25)29)16-7-9-17(27-2)10-8-16/h3-10H,11-14H2,1-2H3,(H,22,26)(H,24,29). The highest BCUT2D eigenvalue weighted by Gasteiger charge is 2.11. The number of para-hydroxylation sites is 1. The van der Waals surface area contributed by atoms with Crippen molar-refractivity contribution in [2.24, 2.45) is 0 Å². The van der Waals surface area contributed by atoms with Crippen LogP contribution in [0.3, 0.4) is 0 Å². The molecule has 0 aliphatic rings. The Morgan fingerprint density at radius 1 is 1.21 bits per heavy atom. The topological polar surface area (TPSA) is 81.2 Å². The maximum Gasteiger partial charge on any atom is 0.221 e. The summed E-state index contributed by atoms with van der Waals surface area (Å²) in [4.78, 5) is 12.2. The van der Waals surface area contributed by atoms with E-state index in [2.05, 4.69) is 15.5 Å². The first-order valence-corrected chi connectivity index (χ1v) is 9.74. The smallest absolute Gasteiger partial charge is 0.221 e. The van der Waals surface area contributed by atoms with Gasteiger partial charge in [-0.25, -0.2) is 0 Å². The lowest BCUT2D eigenvalue weighted by Gasteiger charge is -2.10. The van der Waals surface area contributed by atoms with E-state index < -0.39 is 0 Å². The van der Waals surface area contributed by atoms with Crippen molar-refractivity contribution in [2.75, 3.05) is 20.3 Å². The molecule has 0 bridgehead atoms.